The molecule has 0 saturated carbocycles. The van der Waals surface area contributed by atoms with Crippen molar-refractivity contribution in [1.29, 1.82) is 0 Å². The maximum absolute atomic E-state index is 12.8. The van der Waals surface area contributed by atoms with Gasteiger partial charge >= 0.3 is 5.97 Å². The molecule has 2 amide bonds. The van der Waals surface area contributed by atoms with Gasteiger partial charge in [-0.25, -0.2) is 9.78 Å². The minimum Gasteiger partial charge on any atom is -0.451 e. The van der Waals surface area contributed by atoms with E-state index in [0.29, 0.717) is 5.69 Å². The third-order valence-corrected chi connectivity index (χ3v) is 5.45. The molecule has 0 aliphatic carbocycles. The van der Waals surface area contributed by atoms with Crippen molar-refractivity contribution >= 4 is 45.8 Å². The number of pyridine rings is 1. The highest BCUT2D eigenvalue weighted by Gasteiger charge is 2.29. The van der Waals surface area contributed by atoms with Crippen LogP contribution in [0.1, 0.15) is 26.3 Å². The molecule has 0 saturated heterocycles. The van der Waals surface area contributed by atoms with Crippen LogP contribution in [0.5, 0.6) is 0 Å². The van der Waals surface area contributed by atoms with Crippen molar-refractivity contribution < 1.29 is 19.1 Å². The van der Waals surface area contributed by atoms with Gasteiger partial charge in [-0.2, -0.15) is 0 Å². The normalized spacial score (nSPS) is 12.8. The number of hydrogen-bond donors (Lipinski definition) is 2. The second-order valence-corrected chi connectivity index (χ2v) is 8.37. The summed E-state index contributed by atoms with van der Waals surface area (Å²) in [6.07, 6.45) is 0.521. The molecule has 0 radical (unpaired) electrons. The summed E-state index contributed by atoms with van der Waals surface area (Å²) in [7, 11) is 0. The molecule has 0 spiro atoms. The number of benzene rings is 2. The SMILES string of the molecule is CC(OC(=O)C(NC(=O)Cc1cccc2ccccc12)C(C)C)C(=O)Nc1cccnc1Cl. The first-order valence-corrected chi connectivity index (χ1v) is 11.0. The van der Waals surface area contributed by atoms with E-state index in [1.54, 1.807) is 26.0 Å². The van der Waals surface area contributed by atoms with Gasteiger partial charge in [0.2, 0.25) is 5.91 Å². The number of esters is 1. The summed E-state index contributed by atoms with van der Waals surface area (Å²) in [5.41, 5.74) is 1.18. The van der Waals surface area contributed by atoms with E-state index in [0.717, 1.165) is 16.3 Å². The molecule has 7 nitrogen and oxygen atoms in total. The fourth-order valence-electron chi connectivity index (χ4n) is 3.36. The molecule has 2 atom stereocenters. The molecule has 8 heteroatoms. The fourth-order valence-corrected chi connectivity index (χ4v) is 3.52. The number of ether oxygens (including phenoxy) is 1. The summed E-state index contributed by atoms with van der Waals surface area (Å²) in [5.74, 6) is -1.78. The Bertz CT molecular complexity index is 1160. The first kappa shape index (κ1) is 24.2. The zero-order chi connectivity index (χ0) is 24.0. The molecule has 33 heavy (non-hydrogen) atoms. The quantitative estimate of drug-likeness (QED) is 0.383. The summed E-state index contributed by atoms with van der Waals surface area (Å²) in [6.45, 7) is 5.04. The molecule has 3 rings (SSSR count). The van der Waals surface area contributed by atoms with Crippen LogP contribution < -0.4 is 10.6 Å². The van der Waals surface area contributed by atoms with Crippen LogP contribution in [0.4, 0.5) is 5.69 Å². The molecular weight excluding hydrogens is 442 g/mol. The van der Waals surface area contributed by atoms with E-state index < -0.39 is 24.0 Å². The first-order chi connectivity index (χ1) is 15.8. The van der Waals surface area contributed by atoms with Gasteiger partial charge in [-0.1, -0.05) is 67.9 Å². The summed E-state index contributed by atoms with van der Waals surface area (Å²) in [4.78, 5) is 41.8. The van der Waals surface area contributed by atoms with Crippen molar-refractivity contribution in [2.75, 3.05) is 5.32 Å². The van der Waals surface area contributed by atoms with Gasteiger partial charge in [-0.3, -0.25) is 9.59 Å². The van der Waals surface area contributed by atoms with E-state index in [4.69, 9.17) is 16.3 Å². The predicted molar refractivity (Wildman–Crippen MR) is 128 cm³/mol. The second kappa shape index (κ2) is 10.9. The van der Waals surface area contributed by atoms with Crippen molar-refractivity contribution in [3.8, 4) is 0 Å². The highest BCUT2D eigenvalue weighted by Crippen LogP contribution is 2.20. The van der Waals surface area contributed by atoms with Gasteiger partial charge in [0, 0.05) is 6.20 Å². The molecule has 1 aromatic heterocycles. The predicted octanol–water partition coefficient (Wildman–Crippen LogP) is 4.14. The maximum atomic E-state index is 12.8. The van der Waals surface area contributed by atoms with Crippen molar-refractivity contribution in [3.05, 3.63) is 71.5 Å². The third kappa shape index (κ3) is 6.29. The smallest absolute Gasteiger partial charge is 0.329 e. The van der Waals surface area contributed by atoms with E-state index in [9.17, 15) is 14.4 Å². The van der Waals surface area contributed by atoms with E-state index in [2.05, 4.69) is 15.6 Å². The summed E-state index contributed by atoms with van der Waals surface area (Å²) in [6, 6.07) is 15.9. The van der Waals surface area contributed by atoms with Gasteiger partial charge in [0.05, 0.1) is 12.1 Å². The van der Waals surface area contributed by atoms with Crippen LogP contribution in [0, 0.1) is 5.92 Å². The molecule has 172 valence electrons. The van der Waals surface area contributed by atoms with Gasteiger partial charge in [0.25, 0.3) is 5.91 Å². The molecule has 1 heterocycles. The van der Waals surface area contributed by atoms with E-state index in [1.807, 2.05) is 42.5 Å². The third-order valence-electron chi connectivity index (χ3n) is 5.15. The lowest BCUT2D eigenvalue weighted by molar-refractivity contribution is -0.157. The van der Waals surface area contributed by atoms with Crippen LogP contribution in [0.3, 0.4) is 0 Å². The van der Waals surface area contributed by atoms with Crippen LogP contribution in [0.15, 0.2) is 60.8 Å². The van der Waals surface area contributed by atoms with E-state index in [-0.39, 0.29) is 23.4 Å². The molecule has 0 aliphatic heterocycles. The molecule has 2 aromatic carbocycles. The Hall–Kier alpha value is -3.45. The van der Waals surface area contributed by atoms with Crippen molar-refractivity contribution in [2.45, 2.75) is 39.3 Å². The number of fused-ring (bicyclic) bond motifs is 1. The Kier molecular flexibility index (Phi) is 8.01. The summed E-state index contributed by atoms with van der Waals surface area (Å²) in [5, 5.41) is 7.48. The van der Waals surface area contributed by atoms with Crippen LogP contribution in [0.25, 0.3) is 10.8 Å². The van der Waals surface area contributed by atoms with Gasteiger partial charge in [-0.05, 0) is 41.3 Å². The van der Waals surface area contributed by atoms with Crippen molar-refractivity contribution in [3.63, 3.8) is 0 Å². The topological polar surface area (TPSA) is 97.4 Å². The van der Waals surface area contributed by atoms with Crippen LogP contribution >= 0.6 is 11.6 Å². The van der Waals surface area contributed by atoms with Crippen LogP contribution in [0.2, 0.25) is 5.15 Å². The molecule has 0 fully saturated rings. The molecule has 0 bridgehead atoms. The van der Waals surface area contributed by atoms with Crippen LogP contribution in [-0.2, 0) is 25.5 Å². The number of carbonyl (C=O) groups excluding carboxylic acids is 3. The number of hydrogen-bond acceptors (Lipinski definition) is 5. The number of rotatable bonds is 8. The lowest BCUT2D eigenvalue weighted by Gasteiger charge is -2.23. The lowest BCUT2D eigenvalue weighted by atomic mass is 10.0. The largest absolute Gasteiger partial charge is 0.451 e. The lowest BCUT2D eigenvalue weighted by Crippen LogP contribution is -2.47. The highest BCUT2D eigenvalue weighted by molar-refractivity contribution is 6.32. The number of anilines is 1. The Morgan fingerprint density at radius 1 is 1.00 bits per heavy atom. The molecule has 2 N–H and O–H groups in total. The first-order valence-electron chi connectivity index (χ1n) is 10.6. The minimum absolute atomic E-state index is 0.118. The zero-order valence-electron chi connectivity index (χ0n) is 18.7. The van der Waals surface area contributed by atoms with E-state index in [1.165, 1.54) is 13.1 Å². The summed E-state index contributed by atoms with van der Waals surface area (Å²) >= 11 is 5.95. The van der Waals surface area contributed by atoms with E-state index >= 15 is 0 Å². The van der Waals surface area contributed by atoms with Gasteiger partial charge in [0.15, 0.2) is 11.3 Å². The number of halogens is 1. The van der Waals surface area contributed by atoms with Crippen molar-refractivity contribution in [1.82, 2.24) is 10.3 Å². The molecule has 0 aliphatic rings. The number of carbonyl (C=O) groups is 3. The zero-order valence-corrected chi connectivity index (χ0v) is 19.4. The molecular formula is C25H26ClN3O4. The second-order valence-electron chi connectivity index (χ2n) is 8.01. The Labute approximate surface area is 197 Å². The minimum atomic E-state index is -1.09. The number of aromatic nitrogens is 1. The highest BCUT2D eigenvalue weighted by atomic mass is 35.5. The standard InChI is InChI=1S/C25H26ClN3O4/c1-15(2)22(25(32)33-16(3)24(31)28-20-12-7-13-27-23(20)26)29-21(30)14-18-10-6-9-17-8-4-5-11-19(17)18/h4-13,15-16,22H,14H2,1-3H3,(H,28,31)(H,29,30). The summed E-state index contributed by atoms with van der Waals surface area (Å²) < 4.78 is 5.34. The van der Waals surface area contributed by atoms with Crippen LogP contribution in [-0.4, -0.2) is 34.9 Å². The Balaban J connectivity index is 1.63. The fraction of sp³-hybridized carbons (Fsp3) is 0.280. The van der Waals surface area contributed by atoms with Gasteiger partial charge in [0.1, 0.15) is 6.04 Å². The Morgan fingerprint density at radius 2 is 1.73 bits per heavy atom. The van der Waals surface area contributed by atoms with Crippen molar-refractivity contribution in [2.24, 2.45) is 5.92 Å². The average Bonchev–Trinajstić information content (AvgIpc) is 2.79. The maximum Gasteiger partial charge on any atom is 0.329 e. The Morgan fingerprint density at radius 3 is 2.45 bits per heavy atom. The average molecular weight is 468 g/mol. The van der Waals surface area contributed by atoms with Gasteiger partial charge < -0.3 is 15.4 Å². The monoisotopic (exact) mass is 467 g/mol. The van der Waals surface area contributed by atoms with Gasteiger partial charge in [-0.15, -0.1) is 0 Å². The number of amides is 2. The molecule has 3 aromatic rings. The molecule has 2 unspecified atom stereocenters. The number of nitrogens with one attached hydrogen (secondary N) is 2. The number of nitrogens with zero attached hydrogens (tertiary/aromatic N) is 1.